The first-order chi connectivity index (χ1) is 16.9. The molecule has 0 spiro atoms. The summed E-state index contributed by atoms with van der Waals surface area (Å²) < 4.78 is 38.3. The van der Waals surface area contributed by atoms with E-state index in [1.54, 1.807) is 48.4 Å². The summed E-state index contributed by atoms with van der Waals surface area (Å²) in [5.74, 6) is -1.63. The molecule has 1 aliphatic carbocycles. The van der Waals surface area contributed by atoms with E-state index in [4.69, 9.17) is 9.47 Å². The van der Waals surface area contributed by atoms with Crippen LogP contribution in [0, 0.1) is 17.6 Å². The van der Waals surface area contributed by atoms with E-state index in [9.17, 15) is 18.4 Å². The fourth-order valence-electron chi connectivity index (χ4n) is 4.08. The average molecular weight is 480 g/mol. The first kappa shape index (κ1) is 24.4. The van der Waals surface area contributed by atoms with Gasteiger partial charge in [0.05, 0.1) is 7.11 Å². The number of hydrogen-bond acceptors (Lipinski definition) is 4. The molecule has 1 fully saturated rings. The standard InChI is InChI=1S/C28H27F2NO4/c1-34-25-12-10-24(11-13-25)31(23-8-9-23)28(33)20(15-19-16-21(29)18-22(30)17-19)7-14-27(32)35-26-5-3-2-4-6-26/h2-6,10-13,16-18,20,23H,7-9,14-15H2,1H3/t20-/m0/s1. The van der Waals surface area contributed by atoms with Gasteiger partial charge in [0.2, 0.25) is 5.91 Å². The van der Waals surface area contributed by atoms with Crippen molar-refractivity contribution in [2.75, 3.05) is 12.0 Å². The fraction of sp³-hybridized carbons (Fsp3) is 0.286. The van der Waals surface area contributed by atoms with Crippen molar-refractivity contribution in [3.63, 3.8) is 0 Å². The number of hydrogen-bond donors (Lipinski definition) is 0. The number of methoxy groups -OCH3 is 1. The molecule has 0 aliphatic heterocycles. The summed E-state index contributed by atoms with van der Waals surface area (Å²) in [4.78, 5) is 28.0. The highest BCUT2D eigenvalue weighted by atomic mass is 19.1. The van der Waals surface area contributed by atoms with Gasteiger partial charge in [-0.05, 0) is 79.8 Å². The molecule has 0 bridgehead atoms. The number of nitrogens with zero attached hydrogens (tertiary/aromatic N) is 1. The van der Waals surface area contributed by atoms with Gasteiger partial charge < -0.3 is 14.4 Å². The van der Waals surface area contributed by atoms with Gasteiger partial charge in [0.1, 0.15) is 23.1 Å². The summed E-state index contributed by atoms with van der Waals surface area (Å²) in [5.41, 5.74) is 1.09. The predicted molar refractivity (Wildman–Crippen MR) is 128 cm³/mol. The highest BCUT2D eigenvalue weighted by Crippen LogP contribution is 2.35. The van der Waals surface area contributed by atoms with E-state index in [0.717, 1.165) is 24.6 Å². The lowest BCUT2D eigenvalue weighted by Crippen LogP contribution is -2.39. The minimum absolute atomic E-state index is 0.00970. The zero-order valence-corrected chi connectivity index (χ0v) is 19.5. The molecule has 0 radical (unpaired) electrons. The summed E-state index contributed by atoms with van der Waals surface area (Å²) in [6.45, 7) is 0. The SMILES string of the molecule is COc1ccc(N(C(=O)[C@@H](CCC(=O)Oc2ccccc2)Cc2cc(F)cc(F)c2)C2CC2)cc1. The first-order valence-electron chi connectivity index (χ1n) is 11.6. The number of rotatable bonds is 10. The molecule has 3 aromatic carbocycles. The Morgan fingerprint density at radius 3 is 2.20 bits per heavy atom. The van der Waals surface area contributed by atoms with Crippen molar-refractivity contribution in [2.24, 2.45) is 5.92 Å². The maximum atomic E-state index is 13.8. The van der Waals surface area contributed by atoms with E-state index >= 15 is 0 Å². The van der Waals surface area contributed by atoms with E-state index < -0.39 is 23.5 Å². The third kappa shape index (κ3) is 6.66. The van der Waals surface area contributed by atoms with Crippen LogP contribution in [0.4, 0.5) is 14.5 Å². The summed E-state index contributed by atoms with van der Waals surface area (Å²) in [5, 5.41) is 0. The van der Waals surface area contributed by atoms with E-state index in [2.05, 4.69) is 0 Å². The fourth-order valence-corrected chi connectivity index (χ4v) is 4.08. The lowest BCUT2D eigenvalue weighted by Gasteiger charge is -2.28. The van der Waals surface area contributed by atoms with Crippen LogP contribution in [-0.2, 0) is 16.0 Å². The quantitative estimate of drug-likeness (QED) is 0.276. The number of para-hydroxylation sites is 1. The Hall–Kier alpha value is -3.74. The number of ether oxygens (including phenoxy) is 2. The van der Waals surface area contributed by atoms with Crippen molar-refractivity contribution in [3.8, 4) is 11.5 Å². The van der Waals surface area contributed by atoms with Gasteiger partial charge in [0.25, 0.3) is 0 Å². The Morgan fingerprint density at radius 2 is 1.60 bits per heavy atom. The zero-order chi connectivity index (χ0) is 24.8. The van der Waals surface area contributed by atoms with Gasteiger partial charge in [0.15, 0.2) is 0 Å². The van der Waals surface area contributed by atoms with E-state index in [1.807, 2.05) is 18.2 Å². The summed E-state index contributed by atoms with van der Waals surface area (Å²) in [6.07, 6.45) is 2.02. The Balaban J connectivity index is 1.55. The maximum absolute atomic E-state index is 13.8. The molecule has 0 N–H and O–H groups in total. The first-order valence-corrected chi connectivity index (χ1v) is 11.6. The number of esters is 1. The van der Waals surface area contributed by atoms with Crippen molar-refractivity contribution >= 4 is 17.6 Å². The topological polar surface area (TPSA) is 55.8 Å². The molecule has 35 heavy (non-hydrogen) atoms. The molecular formula is C28H27F2NO4. The summed E-state index contributed by atoms with van der Waals surface area (Å²) >= 11 is 0. The van der Waals surface area contributed by atoms with Gasteiger partial charge in [-0.25, -0.2) is 8.78 Å². The minimum atomic E-state index is -0.705. The number of benzene rings is 3. The average Bonchev–Trinajstić information content (AvgIpc) is 3.67. The molecule has 1 atom stereocenters. The lowest BCUT2D eigenvalue weighted by atomic mass is 9.92. The molecule has 0 heterocycles. The molecule has 1 amide bonds. The predicted octanol–water partition coefficient (Wildman–Crippen LogP) is 5.71. The van der Waals surface area contributed by atoms with Crippen LogP contribution in [-0.4, -0.2) is 25.0 Å². The summed E-state index contributed by atoms with van der Waals surface area (Å²) in [6, 6.07) is 19.2. The third-order valence-corrected chi connectivity index (χ3v) is 5.93. The van der Waals surface area contributed by atoms with Gasteiger partial charge >= 0.3 is 5.97 Å². The van der Waals surface area contributed by atoms with Gasteiger partial charge in [-0.1, -0.05) is 18.2 Å². The van der Waals surface area contributed by atoms with Crippen LogP contribution in [0.2, 0.25) is 0 Å². The van der Waals surface area contributed by atoms with Crippen molar-refractivity contribution in [1.82, 2.24) is 0 Å². The van der Waals surface area contributed by atoms with Crippen molar-refractivity contribution in [2.45, 2.75) is 38.1 Å². The summed E-state index contributed by atoms with van der Waals surface area (Å²) in [7, 11) is 1.57. The molecule has 3 aromatic rings. The second-order valence-corrected chi connectivity index (χ2v) is 8.64. The van der Waals surface area contributed by atoms with Crippen LogP contribution >= 0.6 is 0 Å². The van der Waals surface area contributed by atoms with Crippen molar-refractivity contribution in [1.29, 1.82) is 0 Å². The molecule has 0 aromatic heterocycles. The molecule has 0 unspecified atom stereocenters. The Bertz CT molecular complexity index is 1140. The molecule has 0 saturated heterocycles. The van der Waals surface area contributed by atoms with Crippen LogP contribution in [0.3, 0.4) is 0 Å². The highest BCUT2D eigenvalue weighted by Gasteiger charge is 2.37. The van der Waals surface area contributed by atoms with Crippen molar-refractivity contribution in [3.05, 3.63) is 90.0 Å². The molecule has 1 saturated carbocycles. The number of anilines is 1. The lowest BCUT2D eigenvalue weighted by molar-refractivity contribution is -0.135. The van der Waals surface area contributed by atoms with Crippen LogP contribution in [0.15, 0.2) is 72.8 Å². The van der Waals surface area contributed by atoms with Gasteiger partial charge in [0, 0.05) is 30.1 Å². The number of carbonyl (C=O) groups is 2. The maximum Gasteiger partial charge on any atom is 0.311 e. The molecule has 7 heteroatoms. The molecule has 1 aliphatic rings. The van der Waals surface area contributed by atoms with Crippen LogP contribution in [0.25, 0.3) is 0 Å². The van der Waals surface area contributed by atoms with E-state index in [-0.39, 0.29) is 31.2 Å². The zero-order valence-electron chi connectivity index (χ0n) is 19.5. The Morgan fingerprint density at radius 1 is 0.943 bits per heavy atom. The van der Waals surface area contributed by atoms with Gasteiger partial charge in [-0.3, -0.25) is 9.59 Å². The van der Waals surface area contributed by atoms with Crippen LogP contribution in [0.5, 0.6) is 11.5 Å². The van der Waals surface area contributed by atoms with Crippen LogP contribution in [0.1, 0.15) is 31.2 Å². The number of halogens is 2. The van der Waals surface area contributed by atoms with E-state index in [1.165, 1.54) is 12.1 Å². The smallest absolute Gasteiger partial charge is 0.311 e. The second-order valence-electron chi connectivity index (χ2n) is 8.64. The minimum Gasteiger partial charge on any atom is -0.497 e. The second kappa shape index (κ2) is 11.1. The number of carbonyl (C=O) groups excluding carboxylic acids is 2. The molecule has 4 rings (SSSR count). The molecule has 5 nitrogen and oxygen atoms in total. The van der Waals surface area contributed by atoms with Crippen molar-refractivity contribution < 1.29 is 27.8 Å². The molecular weight excluding hydrogens is 452 g/mol. The molecule has 182 valence electrons. The van der Waals surface area contributed by atoms with E-state index in [0.29, 0.717) is 17.1 Å². The Kier molecular flexibility index (Phi) is 7.75. The van der Waals surface area contributed by atoms with Crippen LogP contribution < -0.4 is 14.4 Å². The number of amides is 1. The van der Waals surface area contributed by atoms with Gasteiger partial charge in [-0.2, -0.15) is 0 Å². The largest absolute Gasteiger partial charge is 0.497 e. The normalized spacial score (nSPS) is 13.7. The Labute approximate surface area is 203 Å². The van der Waals surface area contributed by atoms with Gasteiger partial charge in [-0.15, -0.1) is 0 Å². The third-order valence-electron chi connectivity index (χ3n) is 5.93. The monoisotopic (exact) mass is 479 g/mol. The highest BCUT2D eigenvalue weighted by molar-refractivity contribution is 5.96.